The average Bonchev–Trinajstić information content (AvgIpc) is 2.78. The number of nitrogens with zero attached hydrogens (tertiary/aromatic N) is 3. The fraction of sp³-hybridized carbons (Fsp3) is 0.292. The molecule has 162 valence electrons. The largest absolute Gasteiger partial charge is 0.492 e. The van der Waals surface area contributed by atoms with Crippen LogP contribution in [-0.4, -0.2) is 53.2 Å². The first-order valence-corrected chi connectivity index (χ1v) is 10.1. The summed E-state index contributed by atoms with van der Waals surface area (Å²) in [5, 5.41) is 9.31. The van der Waals surface area contributed by atoms with E-state index >= 15 is 0 Å². The molecule has 0 aliphatic carbocycles. The molecule has 1 aromatic heterocycles. The van der Waals surface area contributed by atoms with Crippen LogP contribution in [0.4, 0.5) is 0 Å². The van der Waals surface area contributed by atoms with Crippen LogP contribution in [-0.2, 0) is 11.4 Å². The summed E-state index contributed by atoms with van der Waals surface area (Å²) in [4.78, 5) is 22.4. The van der Waals surface area contributed by atoms with E-state index in [0.29, 0.717) is 29.4 Å². The predicted octanol–water partition coefficient (Wildman–Crippen LogP) is 3.85. The van der Waals surface area contributed by atoms with Gasteiger partial charge < -0.3 is 19.5 Å². The van der Waals surface area contributed by atoms with Gasteiger partial charge in [-0.05, 0) is 57.4 Å². The van der Waals surface area contributed by atoms with Crippen LogP contribution in [0.1, 0.15) is 24.1 Å². The van der Waals surface area contributed by atoms with Gasteiger partial charge in [0.15, 0.2) is 5.82 Å². The SMILES string of the molecule is CC(C(=O)O)c1ccccc1OCc1ccnc(-c2ccc(OCCN(C)C)cc2)n1. The van der Waals surface area contributed by atoms with Crippen molar-refractivity contribution in [2.24, 2.45) is 0 Å². The van der Waals surface area contributed by atoms with Crippen molar-refractivity contribution in [2.75, 3.05) is 27.2 Å². The molecule has 0 radical (unpaired) electrons. The molecule has 7 nitrogen and oxygen atoms in total. The Kier molecular flexibility index (Phi) is 7.56. The van der Waals surface area contributed by atoms with Crippen molar-refractivity contribution in [1.82, 2.24) is 14.9 Å². The topological polar surface area (TPSA) is 84.8 Å². The van der Waals surface area contributed by atoms with E-state index in [1.54, 1.807) is 37.4 Å². The van der Waals surface area contributed by atoms with Crippen LogP contribution in [0.25, 0.3) is 11.4 Å². The van der Waals surface area contributed by atoms with Crippen LogP contribution < -0.4 is 9.47 Å². The number of carbonyl (C=O) groups is 1. The van der Waals surface area contributed by atoms with E-state index in [-0.39, 0.29) is 6.61 Å². The standard InChI is InChI=1S/C24H27N3O4/c1-17(24(28)29)21-6-4-5-7-22(21)31-16-19-12-13-25-23(26-19)18-8-10-20(11-9-18)30-15-14-27(2)3/h4-13,17H,14-16H2,1-3H3,(H,28,29). The Morgan fingerprint density at radius 2 is 1.81 bits per heavy atom. The lowest BCUT2D eigenvalue weighted by atomic mass is 10.0. The van der Waals surface area contributed by atoms with Crippen molar-refractivity contribution < 1.29 is 19.4 Å². The lowest BCUT2D eigenvalue weighted by Crippen LogP contribution is -2.19. The number of hydrogen-bond acceptors (Lipinski definition) is 6. The summed E-state index contributed by atoms with van der Waals surface area (Å²) in [5.74, 6) is 0.379. The minimum atomic E-state index is -0.894. The second-order valence-corrected chi connectivity index (χ2v) is 7.43. The van der Waals surface area contributed by atoms with Crippen molar-refractivity contribution in [3.63, 3.8) is 0 Å². The Morgan fingerprint density at radius 1 is 1.06 bits per heavy atom. The number of aliphatic carboxylic acids is 1. The van der Waals surface area contributed by atoms with Gasteiger partial charge in [-0.1, -0.05) is 18.2 Å². The maximum absolute atomic E-state index is 11.4. The number of carboxylic acids is 1. The lowest BCUT2D eigenvalue weighted by molar-refractivity contribution is -0.138. The molecule has 0 bridgehead atoms. The Morgan fingerprint density at radius 3 is 2.52 bits per heavy atom. The van der Waals surface area contributed by atoms with Crippen molar-refractivity contribution in [2.45, 2.75) is 19.4 Å². The van der Waals surface area contributed by atoms with Gasteiger partial charge in [-0.2, -0.15) is 0 Å². The molecule has 0 saturated carbocycles. The van der Waals surface area contributed by atoms with E-state index in [2.05, 4.69) is 14.9 Å². The molecule has 31 heavy (non-hydrogen) atoms. The number of hydrogen-bond donors (Lipinski definition) is 1. The highest BCUT2D eigenvalue weighted by Crippen LogP contribution is 2.27. The Labute approximate surface area is 182 Å². The second-order valence-electron chi connectivity index (χ2n) is 7.43. The number of ether oxygens (including phenoxy) is 2. The summed E-state index contributed by atoms with van der Waals surface area (Å²) in [6.45, 7) is 3.32. The third kappa shape index (κ3) is 6.26. The van der Waals surface area contributed by atoms with E-state index in [1.165, 1.54) is 0 Å². The van der Waals surface area contributed by atoms with Gasteiger partial charge in [0.25, 0.3) is 0 Å². The molecule has 3 rings (SSSR count). The number of para-hydroxylation sites is 1. The van der Waals surface area contributed by atoms with Crippen LogP contribution in [0.5, 0.6) is 11.5 Å². The van der Waals surface area contributed by atoms with Crippen molar-refractivity contribution in [3.05, 3.63) is 72.1 Å². The van der Waals surface area contributed by atoms with Gasteiger partial charge in [0.1, 0.15) is 24.7 Å². The lowest BCUT2D eigenvalue weighted by Gasteiger charge is -2.14. The van der Waals surface area contributed by atoms with Crippen LogP contribution in [0.2, 0.25) is 0 Å². The molecule has 2 aromatic carbocycles. The van der Waals surface area contributed by atoms with Crippen molar-refractivity contribution in [1.29, 1.82) is 0 Å². The molecule has 1 heterocycles. The summed E-state index contributed by atoms with van der Waals surface area (Å²) in [7, 11) is 4.01. The van der Waals surface area contributed by atoms with Gasteiger partial charge in [-0.3, -0.25) is 4.79 Å². The summed E-state index contributed by atoms with van der Waals surface area (Å²) >= 11 is 0. The monoisotopic (exact) mass is 421 g/mol. The number of benzene rings is 2. The van der Waals surface area contributed by atoms with Crippen LogP contribution in [0.3, 0.4) is 0 Å². The summed E-state index contributed by atoms with van der Waals surface area (Å²) in [5.41, 5.74) is 2.21. The van der Waals surface area contributed by atoms with Gasteiger partial charge in [0.05, 0.1) is 11.6 Å². The van der Waals surface area contributed by atoms with Gasteiger partial charge in [-0.25, -0.2) is 9.97 Å². The van der Waals surface area contributed by atoms with Gasteiger partial charge in [0.2, 0.25) is 0 Å². The van der Waals surface area contributed by atoms with Crippen molar-refractivity contribution >= 4 is 5.97 Å². The third-order valence-corrected chi connectivity index (χ3v) is 4.76. The number of rotatable bonds is 10. The van der Waals surface area contributed by atoms with Gasteiger partial charge >= 0.3 is 5.97 Å². The van der Waals surface area contributed by atoms with Crippen molar-refractivity contribution in [3.8, 4) is 22.9 Å². The highest BCUT2D eigenvalue weighted by atomic mass is 16.5. The smallest absolute Gasteiger partial charge is 0.310 e. The van der Waals surface area contributed by atoms with Crippen LogP contribution in [0, 0.1) is 0 Å². The molecule has 0 fully saturated rings. The van der Waals surface area contributed by atoms with E-state index in [4.69, 9.17) is 9.47 Å². The number of carboxylic acid groups (broad SMARTS) is 1. The summed E-state index contributed by atoms with van der Waals surface area (Å²) in [6, 6.07) is 16.6. The zero-order chi connectivity index (χ0) is 22.2. The molecule has 1 unspecified atom stereocenters. The summed E-state index contributed by atoms with van der Waals surface area (Å²) < 4.78 is 11.6. The quantitative estimate of drug-likeness (QED) is 0.532. The second kappa shape index (κ2) is 10.5. The zero-order valence-electron chi connectivity index (χ0n) is 18.0. The van der Waals surface area contributed by atoms with Gasteiger partial charge in [0, 0.05) is 23.9 Å². The zero-order valence-corrected chi connectivity index (χ0v) is 18.0. The Hall–Kier alpha value is -3.45. The number of likely N-dealkylation sites (N-methyl/N-ethyl adjacent to an activating group) is 1. The fourth-order valence-corrected chi connectivity index (χ4v) is 2.92. The highest BCUT2D eigenvalue weighted by Gasteiger charge is 2.18. The molecule has 1 atom stereocenters. The van der Waals surface area contributed by atoms with E-state index in [1.807, 2.05) is 44.4 Å². The first-order chi connectivity index (χ1) is 14.9. The molecular weight excluding hydrogens is 394 g/mol. The first kappa shape index (κ1) is 22.2. The predicted molar refractivity (Wildman–Crippen MR) is 118 cm³/mol. The Bertz CT molecular complexity index is 1010. The summed E-state index contributed by atoms with van der Waals surface area (Å²) in [6.07, 6.45) is 1.69. The number of aromatic nitrogens is 2. The third-order valence-electron chi connectivity index (χ3n) is 4.76. The van der Waals surface area contributed by atoms with Crippen LogP contribution in [0.15, 0.2) is 60.8 Å². The van der Waals surface area contributed by atoms with Gasteiger partial charge in [-0.15, -0.1) is 0 Å². The molecule has 0 saturated heterocycles. The highest BCUT2D eigenvalue weighted by molar-refractivity contribution is 5.76. The fourth-order valence-electron chi connectivity index (χ4n) is 2.92. The average molecular weight is 421 g/mol. The minimum Gasteiger partial charge on any atom is -0.492 e. The Balaban J connectivity index is 1.67. The molecule has 0 spiro atoms. The maximum Gasteiger partial charge on any atom is 0.310 e. The van der Waals surface area contributed by atoms with E-state index in [0.717, 1.165) is 17.9 Å². The first-order valence-electron chi connectivity index (χ1n) is 10.1. The van der Waals surface area contributed by atoms with Crippen LogP contribution >= 0.6 is 0 Å². The molecule has 1 N–H and O–H groups in total. The maximum atomic E-state index is 11.4. The molecule has 0 amide bonds. The minimum absolute atomic E-state index is 0.213. The normalized spacial score (nSPS) is 11.9. The van der Waals surface area contributed by atoms with E-state index < -0.39 is 11.9 Å². The molecule has 7 heteroatoms. The molecular formula is C24H27N3O4. The molecule has 0 aliphatic heterocycles. The molecule has 3 aromatic rings. The molecule has 0 aliphatic rings. The van der Waals surface area contributed by atoms with E-state index in [9.17, 15) is 9.90 Å².